The van der Waals surface area contributed by atoms with E-state index in [2.05, 4.69) is 9.69 Å². The number of hydrogen-bond donors (Lipinski definition) is 3. The number of amides is 3. The first-order chi connectivity index (χ1) is 16.8. The molecule has 1 aliphatic heterocycles. The van der Waals surface area contributed by atoms with Crippen LogP contribution in [-0.2, 0) is 9.53 Å². The summed E-state index contributed by atoms with van der Waals surface area (Å²) >= 11 is 0.679. The van der Waals surface area contributed by atoms with Crippen molar-refractivity contribution in [1.29, 1.82) is 0 Å². The number of carbonyl (C=O) groups is 3. The van der Waals surface area contributed by atoms with Crippen molar-refractivity contribution in [3.05, 3.63) is 64.3 Å². The molecule has 5 N–H and O–H groups in total. The van der Waals surface area contributed by atoms with Crippen molar-refractivity contribution in [3.8, 4) is 0 Å². The average Bonchev–Trinajstić information content (AvgIpc) is 3.57. The fourth-order valence-electron chi connectivity index (χ4n) is 3.81. The molecule has 0 radical (unpaired) electrons. The summed E-state index contributed by atoms with van der Waals surface area (Å²) in [5.41, 5.74) is 11.1. The summed E-state index contributed by atoms with van der Waals surface area (Å²) in [6.07, 6.45) is 1.57. The molecule has 2 aromatic heterocycles. The molecule has 2 atom stereocenters. The lowest BCUT2D eigenvalue weighted by Crippen LogP contribution is -2.45. The minimum Gasteiger partial charge on any atom is -0.464 e. The Morgan fingerprint density at radius 1 is 1.26 bits per heavy atom. The third kappa shape index (κ3) is 5.17. The van der Waals surface area contributed by atoms with Gasteiger partial charge in [0.05, 0.1) is 11.8 Å². The highest BCUT2D eigenvalue weighted by atomic mass is 32.1. The van der Waals surface area contributed by atoms with Gasteiger partial charge < -0.3 is 25.9 Å². The van der Waals surface area contributed by atoms with Gasteiger partial charge in [-0.3, -0.25) is 19.3 Å². The van der Waals surface area contributed by atoms with E-state index in [0.717, 1.165) is 29.9 Å². The van der Waals surface area contributed by atoms with E-state index in [9.17, 15) is 18.8 Å². The Labute approximate surface area is 204 Å². The lowest BCUT2D eigenvalue weighted by molar-refractivity contribution is -0.123. The smallest absolute Gasteiger partial charge is 0.273 e. The third-order valence-electron chi connectivity index (χ3n) is 5.54. The number of aryl methyl sites for hydroxylation is 1. The van der Waals surface area contributed by atoms with Crippen molar-refractivity contribution in [2.24, 2.45) is 5.73 Å². The number of nitrogen functional groups attached to an aromatic ring is 1. The first kappa shape index (κ1) is 24.4. The molecule has 10 nitrogen and oxygen atoms in total. The number of hydrogen-bond acceptors (Lipinski definition) is 8. The Balaban J connectivity index is 1.78. The van der Waals surface area contributed by atoms with Gasteiger partial charge in [-0.15, -0.1) is 0 Å². The lowest BCUT2D eigenvalue weighted by atomic mass is 10.1. The Hall–Kier alpha value is -3.77. The number of primary amides is 1. The molecule has 1 saturated heterocycles. The molecule has 4 rings (SSSR count). The Morgan fingerprint density at radius 3 is 2.57 bits per heavy atom. The van der Waals surface area contributed by atoms with Gasteiger partial charge in [0.2, 0.25) is 0 Å². The number of furan rings is 1. The zero-order valence-corrected chi connectivity index (χ0v) is 19.6. The van der Waals surface area contributed by atoms with Crippen LogP contribution in [-0.4, -0.2) is 41.4 Å². The van der Waals surface area contributed by atoms with Crippen LogP contribution in [0.5, 0.6) is 0 Å². The van der Waals surface area contributed by atoms with Gasteiger partial charge in [-0.1, -0.05) is 0 Å². The van der Waals surface area contributed by atoms with Crippen LogP contribution in [0, 0.1) is 12.7 Å². The van der Waals surface area contributed by atoms with Crippen LogP contribution in [0.1, 0.15) is 50.6 Å². The summed E-state index contributed by atoms with van der Waals surface area (Å²) in [7, 11) is 0. The van der Waals surface area contributed by atoms with Crippen molar-refractivity contribution >= 4 is 40.6 Å². The molecule has 0 bridgehead atoms. The molecule has 35 heavy (non-hydrogen) atoms. The molecule has 12 heteroatoms. The molecule has 3 amide bonds. The van der Waals surface area contributed by atoms with Gasteiger partial charge in [-0.2, -0.15) is 4.37 Å². The second kappa shape index (κ2) is 10.2. The molecule has 0 unspecified atom stereocenters. The Morgan fingerprint density at radius 2 is 2.00 bits per heavy atom. The van der Waals surface area contributed by atoms with Crippen LogP contribution in [0.2, 0.25) is 0 Å². The highest BCUT2D eigenvalue weighted by Crippen LogP contribution is 2.34. The summed E-state index contributed by atoms with van der Waals surface area (Å²) < 4.78 is 28.9. The zero-order chi connectivity index (χ0) is 25.1. The monoisotopic (exact) mass is 501 g/mol. The van der Waals surface area contributed by atoms with Crippen LogP contribution < -0.4 is 21.7 Å². The summed E-state index contributed by atoms with van der Waals surface area (Å²) in [5.74, 6) is -1.97. The third-order valence-corrected chi connectivity index (χ3v) is 6.40. The number of rotatable bonds is 8. The van der Waals surface area contributed by atoms with E-state index in [-0.39, 0.29) is 40.4 Å². The van der Waals surface area contributed by atoms with E-state index in [4.69, 9.17) is 20.6 Å². The second-order valence-corrected chi connectivity index (χ2v) is 8.79. The largest absolute Gasteiger partial charge is 0.464 e. The molecule has 3 heterocycles. The molecule has 0 aliphatic carbocycles. The number of nitrogens with one attached hydrogen (secondary N) is 1. The minimum absolute atomic E-state index is 0.0941. The zero-order valence-electron chi connectivity index (χ0n) is 18.8. The molecule has 0 spiro atoms. The van der Waals surface area contributed by atoms with Gasteiger partial charge >= 0.3 is 0 Å². The molecule has 3 aromatic rings. The first-order valence-corrected chi connectivity index (χ1v) is 11.6. The summed E-state index contributed by atoms with van der Waals surface area (Å²) in [4.78, 5) is 40.0. The molecule has 1 aromatic carbocycles. The maximum atomic E-state index is 13.8. The van der Waals surface area contributed by atoms with Crippen LogP contribution >= 0.6 is 11.5 Å². The molecular weight excluding hydrogens is 477 g/mol. The molecule has 184 valence electrons. The van der Waals surface area contributed by atoms with E-state index in [1.807, 2.05) is 0 Å². The summed E-state index contributed by atoms with van der Waals surface area (Å²) in [5, 5.41) is 2.83. The SMILES string of the molecule is Cc1ccc([C@@H](C(=O)NC[C@H]2CCCO2)N(C(=O)c2snc(C(N)=O)c2N)c2ccc(F)cc2)o1. The number of anilines is 2. The van der Waals surface area contributed by atoms with Crippen LogP contribution in [0.15, 0.2) is 40.8 Å². The van der Waals surface area contributed by atoms with Gasteiger partial charge in [0, 0.05) is 18.8 Å². The number of aromatic nitrogens is 1. The number of carbonyl (C=O) groups excluding carboxylic acids is 3. The standard InChI is InChI=1S/C23H24FN5O5S/c1-12-4-9-16(34-12)19(22(31)27-11-15-3-2-10-33-15)29(14-7-5-13(24)6-8-14)23(32)20-17(25)18(21(26)30)28-35-20/h4-9,15,19H,2-3,10-11,25H2,1H3,(H2,26,30)(H,27,31)/t15-,19+/m1/s1. The van der Waals surface area contributed by atoms with Gasteiger partial charge in [0.1, 0.15) is 22.2 Å². The quantitative estimate of drug-likeness (QED) is 0.429. The van der Waals surface area contributed by atoms with Gasteiger partial charge in [0.15, 0.2) is 11.7 Å². The van der Waals surface area contributed by atoms with E-state index in [1.54, 1.807) is 19.1 Å². The normalized spacial score (nSPS) is 16.1. The predicted molar refractivity (Wildman–Crippen MR) is 126 cm³/mol. The van der Waals surface area contributed by atoms with Gasteiger partial charge in [-0.05, 0) is 67.7 Å². The van der Waals surface area contributed by atoms with Crippen LogP contribution in [0.3, 0.4) is 0 Å². The summed E-state index contributed by atoms with van der Waals surface area (Å²) in [6, 6.07) is 7.01. The Kier molecular flexibility index (Phi) is 7.12. The topological polar surface area (TPSA) is 154 Å². The highest BCUT2D eigenvalue weighted by molar-refractivity contribution is 7.09. The van der Waals surface area contributed by atoms with E-state index in [1.165, 1.54) is 12.1 Å². The number of halogens is 1. The highest BCUT2D eigenvalue weighted by Gasteiger charge is 2.38. The van der Waals surface area contributed by atoms with Crippen molar-refractivity contribution in [2.75, 3.05) is 23.8 Å². The molecular formula is C23H24FN5O5S. The van der Waals surface area contributed by atoms with Crippen LogP contribution in [0.4, 0.5) is 15.8 Å². The molecule has 0 saturated carbocycles. The van der Waals surface area contributed by atoms with Gasteiger partial charge in [0.25, 0.3) is 17.7 Å². The number of nitrogens with zero attached hydrogens (tertiary/aromatic N) is 2. The fraction of sp³-hybridized carbons (Fsp3) is 0.304. The van der Waals surface area contributed by atoms with E-state index in [0.29, 0.717) is 23.9 Å². The van der Waals surface area contributed by atoms with Crippen molar-refractivity contribution in [1.82, 2.24) is 9.69 Å². The maximum absolute atomic E-state index is 13.8. The summed E-state index contributed by atoms with van der Waals surface area (Å²) in [6.45, 7) is 2.57. The molecule has 1 fully saturated rings. The first-order valence-electron chi connectivity index (χ1n) is 10.9. The van der Waals surface area contributed by atoms with Gasteiger partial charge in [-0.25, -0.2) is 4.39 Å². The number of benzene rings is 1. The number of nitrogens with two attached hydrogens (primary N) is 2. The van der Waals surface area contributed by atoms with E-state index >= 15 is 0 Å². The minimum atomic E-state index is -1.28. The predicted octanol–water partition coefficient (Wildman–Crippen LogP) is 2.55. The van der Waals surface area contributed by atoms with Crippen molar-refractivity contribution in [2.45, 2.75) is 31.9 Å². The van der Waals surface area contributed by atoms with Crippen LogP contribution in [0.25, 0.3) is 0 Å². The van der Waals surface area contributed by atoms with Crippen molar-refractivity contribution < 1.29 is 27.9 Å². The number of ether oxygens (including phenoxy) is 1. The fourth-order valence-corrected chi connectivity index (χ4v) is 4.56. The van der Waals surface area contributed by atoms with Crippen molar-refractivity contribution in [3.63, 3.8) is 0 Å². The average molecular weight is 502 g/mol. The lowest BCUT2D eigenvalue weighted by Gasteiger charge is -2.30. The second-order valence-electron chi connectivity index (χ2n) is 8.02. The van der Waals surface area contributed by atoms with E-state index < -0.39 is 29.6 Å². The maximum Gasteiger partial charge on any atom is 0.273 e. The molecule has 1 aliphatic rings. The Bertz CT molecular complexity index is 1240.